The van der Waals surface area contributed by atoms with Gasteiger partial charge in [0, 0.05) is 31.3 Å². The standard InChI is InChI=1S/C20H18FN3O3/c1-22-18(25)14-7-8-24(11-14)20(26)13-5-6-17-16(10-13)23-19(27-17)12-3-2-4-15(21)9-12/h2-6,9-10,14H,7-8,11H2,1H3,(H,22,25)/t14-/m0/s1. The highest BCUT2D eigenvalue weighted by atomic mass is 19.1. The number of fused-ring (bicyclic) bond motifs is 1. The van der Waals surface area contributed by atoms with Crippen LogP contribution >= 0.6 is 0 Å². The van der Waals surface area contributed by atoms with Crippen molar-refractivity contribution in [3.63, 3.8) is 0 Å². The average molecular weight is 367 g/mol. The van der Waals surface area contributed by atoms with Crippen LogP contribution in [0.15, 0.2) is 46.9 Å². The van der Waals surface area contributed by atoms with Crippen molar-refractivity contribution in [1.29, 1.82) is 0 Å². The fourth-order valence-electron chi connectivity index (χ4n) is 3.35. The molecule has 1 aliphatic heterocycles. The zero-order chi connectivity index (χ0) is 19.0. The molecule has 6 nitrogen and oxygen atoms in total. The molecule has 1 saturated heterocycles. The van der Waals surface area contributed by atoms with Crippen LogP contribution in [-0.4, -0.2) is 41.8 Å². The van der Waals surface area contributed by atoms with E-state index in [4.69, 9.17) is 4.42 Å². The number of carbonyl (C=O) groups is 2. The molecule has 7 heteroatoms. The maximum Gasteiger partial charge on any atom is 0.253 e. The summed E-state index contributed by atoms with van der Waals surface area (Å²) < 4.78 is 19.1. The van der Waals surface area contributed by atoms with E-state index in [9.17, 15) is 14.0 Å². The van der Waals surface area contributed by atoms with Crippen LogP contribution in [-0.2, 0) is 4.79 Å². The number of nitrogens with zero attached hydrogens (tertiary/aromatic N) is 2. The quantitative estimate of drug-likeness (QED) is 0.772. The molecule has 1 atom stereocenters. The van der Waals surface area contributed by atoms with E-state index < -0.39 is 0 Å². The van der Waals surface area contributed by atoms with Crippen molar-refractivity contribution in [2.75, 3.05) is 20.1 Å². The molecule has 0 aliphatic carbocycles. The number of nitrogens with one attached hydrogen (secondary N) is 1. The molecule has 0 saturated carbocycles. The molecule has 4 rings (SSSR count). The highest BCUT2D eigenvalue weighted by molar-refractivity contribution is 5.98. The van der Waals surface area contributed by atoms with Gasteiger partial charge >= 0.3 is 0 Å². The van der Waals surface area contributed by atoms with Crippen LogP contribution in [0.25, 0.3) is 22.6 Å². The summed E-state index contributed by atoms with van der Waals surface area (Å²) in [6.45, 7) is 0.951. The number of halogens is 1. The normalized spacial score (nSPS) is 16.7. The Morgan fingerprint density at radius 1 is 1.26 bits per heavy atom. The van der Waals surface area contributed by atoms with E-state index in [0.717, 1.165) is 0 Å². The molecular weight excluding hydrogens is 349 g/mol. The van der Waals surface area contributed by atoms with E-state index in [1.165, 1.54) is 12.1 Å². The molecular formula is C20H18FN3O3. The maximum absolute atomic E-state index is 13.4. The van der Waals surface area contributed by atoms with Gasteiger partial charge in [-0.15, -0.1) is 0 Å². The molecule has 2 aromatic carbocycles. The van der Waals surface area contributed by atoms with Gasteiger partial charge < -0.3 is 14.6 Å². The number of likely N-dealkylation sites (tertiary alicyclic amines) is 1. The molecule has 1 aromatic heterocycles. The Bertz CT molecular complexity index is 1030. The SMILES string of the molecule is CNC(=O)[C@H]1CCN(C(=O)c2ccc3oc(-c4cccc(F)c4)nc3c2)C1. The molecule has 138 valence electrons. The van der Waals surface area contributed by atoms with E-state index in [1.807, 2.05) is 0 Å². The third-order valence-electron chi connectivity index (χ3n) is 4.80. The van der Waals surface area contributed by atoms with E-state index in [2.05, 4.69) is 10.3 Å². The summed E-state index contributed by atoms with van der Waals surface area (Å²) in [5.74, 6) is -0.426. The zero-order valence-corrected chi connectivity index (χ0v) is 14.7. The molecule has 1 aliphatic rings. The van der Waals surface area contributed by atoms with Gasteiger partial charge in [0.25, 0.3) is 5.91 Å². The first-order valence-electron chi connectivity index (χ1n) is 8.72. The van der Waals surface area contributed by atoms with Gasteiger partial charge in [-0.05, 0) is 42.8 Å². The molecule has 3 aromatic rings. The number of rotatable bonds is 3. The summed E-state index contributed by atoms with van der Waals surface area (Å²) in [5.41, 5.74) is 2.07. The Labute approximate surface area is 155 Å². The van der Waals surface area contributed by atoms with E-state index in [-0.39, 0.29) is 23.5 Å². The molecule has 1 fully saturated rings. The number of oxazole rings is 1. The minimum absolute atomic E-state index is 0.0445. The molecule has 0 bridgehead atoms. The Morgan fingerprint density at radius 2 is 2.11 bits per heavy atom. The number of aromatic nitrogens is 1. The van der Waals surface area contributed by atoms with Crippen LogP contribution in [0.2, 0.25) is 0 Å². The lowest BCUT2D eigenvalue weighted by Gasteiger charge is -2.16. The second-order valence-electron chi connectivity index (χ2n) is 6.56. The van der Waals surface area contributed by atoms with Crippen molar-refractivity contribution in [2.45, 2.75) is 6.42 Å². The highest BCUT2D eigenvalue weighted by Crippen LogP contribution is 2.26. The number of carbonyl (C=O) groups excluding carboxylic acids is 2. The van der Waals surface area contributed by atoms with Gasteiger partial charge in [-0.3, -0.25) is 9.59 Å². The lowest BCUT2D eigenvalue weighted by atomic mass is 10.1. The van der Waals surface area contributed by atoms with Gasteiger partial charge in [-0.25, -0.2) is 9.37 Å². The van der Waals surface area contributed by atoms with Crippen molar-refractivity contribution >= 4 is 22.9 Å². The Morgan fingerprint density at radius 3 is 2.89 bits per heavy atom. The number of benzene rings is 2. The molecule has 27 heavy (non-hydrogen) atoms. The van der Waals surface area contributed by atoms with Crippen LogP contribution in [0.4, 0.5) is 4.39 Å². The van der Waals surface area contributed by atoms with Crippen LogP contribution in [0.5, 0.6) is 0 Å². The summed E-state index contributed by atoms with van der Waals surface area (Å²) in [6.07, 6.45) is 0.654. The first-order chi connectivity index (χ1) is 13.0. The maximum atomic E-state index is 13.4. The van der Waals surface area contributed by atoms with Crippen LogP contribution in [0.3, 0.4) is 0 Å². The lowest BCUT2D eigenvalue weighted by molar-refractivity contribution is -0.124. The van der Waals surface area contributed by atoms with Gasteiger partial charge in [0.2, 0.25) is 11.8 Å². The van der Waals surface area contributed by atoms with Gasteiger partial charge in [0.1, 0.15) is 11.3 Å². The number of hydrogen-bond acceptors (Lipinski definition) is 4. The van der Waals surface area contributed by atoms with E-state index in [0.29, 0.717) is 47.6 Å². The molecule has 0 radical (unpaired) electrons. The Hall–Kier alpha value is -3.22. The van der Waals surface area contributed by atoms with E-state index in [1.54, 1.807) is 42.3 Å². The van der Waals surface area contributed by atoms with Crippen molar-refractivity contribution in [3.05, 3.63) is 53.8 Å². The summed E-state index contributed by atoms with van der Waals surface area (Å²) >= 11 is 0. The first-order valence-corrected chi connectivity index (χ1v) is 8.72. The highest BCUT2D eigenvalue weighted by Gasteiger charge is 2.31. The topological polar surface area (TPSA) is 75.4 Å². The van der Waals surface area contributed by atoms with Crippen molar-refractivity contribution in [2.24, 2.45) is 5.92 Å². The van der Waals surface area contributed by atoms with Crippen molar-refractivity contribution in [3.8, 4) is 11.5 Å². The number of hydrogen-bond donors (Lipinski definition) is 1. The Balaban J connectivity index is 1.58. The smallest absolute Gasteiger partial charge is 0.253 e. The summed E-state index contributed by atoms with van der Waals surface area (Å²) in [4.78, 5) is 30.6. The second kappa shape index (κ2) is 6.83. The van der Waals surface area contributed by atoms with Crippen LogP contribution in [0, 0.1) is 11.7 Å². The third-order valence-corrected chi connectivity index (χ3v) is 4.80. The van der Waals surface area contributed by atoms with Gasteiger partial charge in [-0.1, -0.05) is 6.07 Å². The van der Waals surface area contributed by atoms with Gasteiger partial charge in [-0.2, -0.15) is 0 Å². The van der Waals surface area contributed by atoms with Crippen molar-refractivity contribution in [1.82, 2.24) is 15.2 Å². The predicted octanol–water partition coefficient (Wildman–Crippen LogP) is 2.84. The van der Waals surface area contributed by atoms with Gasteiger partial charge in [0.15, 0.2) is 5.58 Å². The summed E-state index contributed by atoms with van der Waals surface area (Å²) in [7, 11) is 1.60. The fraction of sp³-hybridized carbons (Fsp3) is 0.250. The second-order valence-corrected chi connectivity index (χ2v) is 6.56. The summed E-state index contributed by atoms with van der Waals surface area (Å²) in [5, 5.41) is 2.63. The molecule has 2 amide bonds. The monoisotopic (exact) mass is 367 g/mol. The first kappa shape index (κ1) is 17.2. The van der Waals surface area contributed by atoms with Crippen molar-refractivity contribution < 1.29 is 18.4 Å². The van der Waals surface area contributed by atoms with Crippen LogP contribution in [0.1, 0.15) is 16.8 Å². The average Bonchev–Trinajstić information content (AvgIpc) is 3.33. The fourth-order valence-corrected chi connectivity index (χ4v) is 3.35. The number of amides is 2. The molecule has 2 heterocycles. The van der Waals surface area contributed by atoms with Crippen LogP contribution < -0.4 is 5.32 Å². The molecule has 0 unspecified atom stereocenters. The van der Waals surface area contributed by atoms with E-state index >= 15 is 0 Å². The minimum Gasteiger partial charge on any atom is -0.436 e. The predicted molar refractivity (Wildman–Crippen MR) is 97.5 cm³/mol. The Kier molecular flexibility index (Phi) is 4.35. The third kappa shape index (κ3) is 3.28. The summed E-state index contributed by atoms with van der Waals surface area (Å²) in [6, 6.07) is 11.0. The lowest BCUT2D eigenvalue weighted by Crippen LogP contribution is -2.33. The molecule has 0 spiro atoms. The largest absolute Gasteiger partial charge is 0.436 e. The molecule has 1 N–H and O–H groups in total. The minimum atomic E-state index is -0.370. The zero-order valence-electron chi connectivity index (χ0n) is 14.7. The van der Waals surface area contributed by atoms with Gasteiger partial charge in [0.05, 0.1) is 5.92 Å².